The second-order valence-electron chi connectivity index (χ2n) is 8.01. The van der Waals surface area contributed by atoms with Gasteiger partial charge in [0.15, 0.2) is 11.5 Å². The van der Waals surface area contributed by atoms with Gasteiger partial charge in [-0.2, -0.15) is 4.98 Å². The predicted octanol–water partition coefficient (Wildman–Crippen LogP) is 3.27. The third-order valence-electron chi connectivity index (χ3n) is 5.88. The third kappa shape index (κ3) is 4.00. The molecule has 0 aliphatic heterocycles. The molecule has 4 aromatic rings. The molecule has 1 fully saturated rings. The number of nitrogens with one attached hydrogen (secondary N) is 2. The van der Waals surface area contributed by atoms with Crippen molar-refractivity contribution in [2.24, 2.45) is 0 Å². The fourth-order valence-electron chi connectivity index (χ4n) is 4.25. The fourth-order valence-corrected chi connectivity index (χ4v) is 4.25. The minimum atomic E-state index is -0.202. The summed E-state index contributed by atoms with van der Waals surface area (Å²) in [5.74, 6) is 1.31. The first-order chi connectivity index (χ1) is 15.2. The molecular weight excluding hydrogens is 392 g/mol. The van der Waals surface area contributed by atoms with Crippen LogP contribution in [0.2, 0.25) is 0 Å². The summed E-state index contributed by atoms with van der Waals surface area (Å²) in [5, 5.41) is 21.4. The summed E-state index contributed by atoms with van der Waals surface area (Å²) in [6.45, 7) is 0. The molecule has 4 aromatic heterocycles. The molecule has 0 aromatic carbocycles. The second kappa shape index (κ2) is 8.43. The standard InChI is InChI=1S/C22H26N8O/c1-23-21-19-16(17-8-9-18-20(27-17)25-12-11-24-18)10-13-30(19)29-22(28-21)26-14-4-2-3-5-15(31)7-6-14/h8-15,31H,2-7H2,1H3,(H2,23,26,28,29)/t14-,15?/m1/s1. The molecule has 0 spiro atoms. The van der Waals surface area contributed by atoms with Crippen LogP contribution in [0.4, 0.5) is 11.8 Å². The Bertz CT molecular complexity index is 1210. The smallest absolute Gasteiger partial charge is 0.243 e. The number of fused-ring (bicyclic) bond motifs is 2. The predicted molar refractivity (Wildman–Crippen MR) is 120 cm³/mol. The minimum absolute atomic E-state index is 0.202. The van der Waals surface area contributed by atoms with Crippen molar-refractivity contribution in [3.63, 3.8) is 0 Å². The number of rotatable bonds is 4. The Morgan fingerprint density at radius 2 is 1.87 bits per heavy atom. The van der Waals surface area contributed by atoms with Crippen LogP contribution in [0.15, 0.2) is 36.8 Å². The number of hydrogen-bond acceptors (Lipinski definition) is 8. The lowest BCUT2D eigenvalue weighted by atomic mass is 9.95. The zero-order chi connectivity index (χ0) is 21.2. The van der Waals surface area contributed by atoms with Gasteiger partial charge in [0.1, 0.15) is 11.0 Å². The molecule has 0 amide bonds. The van der Waals surface area contributed by atoms with Gasteiger partial charge in [-0.05, 0) is 43.9 Å². The van der Waals surface area contributed by atoms with Gasteiger partial charge in [-0.3, -0.25) is 4.98 Å². The summed E-state index contributed by atoms with van der Waals surface area (Å²) in [6.07, 6.45) is 10.9. The molecule has 9 heteroatoms. The number of hydrogen-bond donors (Lipinski definition) is 3. The van der Waals surface area contributed by atoms with Crippen LogP contribution in [0.25, 0.3) is 27.9 Å². The van der Waals surface area contributed by atoms with Crippen molar-refractivity contribution in [3.8, 4) is 11.3 Å². The number of aliphatic hydroxyl groups is 1. The molecular formula is C22H26N8O. The van der Waals surface area contributed by atoms with E-state index in [0.29, 0.717) is 11.6 Å². The van der Waals surface area contributed by atoms with Crippen LogP contribution in [-0.2, 0) is 0 Å². The van der Waals surface area contributed by atoms with Crippen molar-refractivity contribution in [2.75, 3.05) is 17.7 Å². The quantitative estimate of drug-likeness (QED) is 0.463. The van der Waals surface area contributed by atoms with Crippen LogP contribution < -0.4 is 10.6 Å². The lowest BCUT2D eigenvalue weighted by Gasteiger charge is -2.23. The van der Waals surface area contributed by atoms with Crippen LogP contribution in [0, 0.1) is 0 Å². The monoisotopic (exact) mass is 418 g/mol. The molecule has 3 N–H and O–H groups in total. The van der Waals surface area contributed by atoms with Crippen molar-refractivity contribution in [1.82, 2.24) is 29.5 Å². The number of pyridine rings is 1. The molecule has 9 nitrogen and oxygen atoms in total. The maximum atomic E-state index is 10.0. The van der Waals surface area contributed by atoms with E-state index >= 15 is 0 Å². The van der Waals surface area contributed by atoms with E-state index in [1.54, 1.807) is 12.4 Å². The number of aromatic nitrogens is 6. The van der Waals surface area contributed by atoms with Gasteiger partial charge >= 0.3 is 0 Å². The molecule has 0 saturated heterocycles. The highest BCUT2D eigenvalue weighted by Crippen LogP contribution is 2.30. The van der Waals surface area contributed by atoms with E-state index in [9.17, 15) is 5.11 Å². The molecule has 2 atom stereocenters. The Labute approximate surface area is 180 Å². The number of aliphatic hydroxyl groups excluding tert-OH is 1. The van der Waals surface area contributed by atoms with Crippen LogP contribution in [-0.4, -0.2) is 53.9 Å². The van der Waals surface area contributed by atoms with E-state index in [0.717, 1.165) is 66.6 Å². The topological polar surface area (TPSA) is 113 Å². The Morgan fingerprint density at radius 1 is 1.00 bits per heavy atom. The highest BCUT2D eigenvalue weighted by molar-refractivity contribution is 5.89. The molecule has 1 saturated carbocycles. The van der Waals surface area contributed by atoms with Crippen LogP contribution in [0.1, 0.15) is 38.5 Å². The van der Waals surface area contributed by atoms with Gasteiger partial charge in [0.2, 0.25) is 5.95 Å². The molecule has 0 radical (unpaired) electrons. The molecule has 1 unspecified atom stereocenters. The fraction of sp³-hybridized carbons (Fsp3) is 0.409. The molecule has 1 aliphatic rings. The normalized spacial score (nSPS) is 19.8. The third-order valence-corrected chi connectivity index (χ3v) is 5.88. The zero-order valence-electron chi connectivity index (χ0n) is 17.5. The molecule has 1 aliphatic carbocycles. The van der Waals surface area contributed by atoms with Gasteiger partial charge in [-0.15, -0.1) is 5.10 Å². The van der Waals surface area contributed by atoms with E-state index in [4.69, 9.17) is 10.1 Å². The number of anilines is 2. The van der Waals surface area contributed by atoms with Crippen molar-refractivity contribution >= 4 is 28.4 Å². The van der Waals surface area contributed by atoms with Gasteiger partial charge in [-0.25, -0.2) is 14.5 Å². The van der Waals surface area contributed by atoms with Crippen LogP contribution in [0.5, 0.6) is 0 Å². The van der Waals surface area contributed by atoms with Crippen molar-refractivity contribution in [2.45, 2.75) is 50.7 Å². The molecule has 31 heavy (non-hydrogen) atoms. The maximum Gasteiger partial charge on any atom is 0.243 e. The Morgan fingerprint density at radius 3 is 2.77 bits per heavy atom. The van der Waals surface area contributed by atoms with E-state index in [1.165, 1.54) is 0 Å². The van der Waals surface area contributed by atoms with Gasteiger partial charge in [-0.1, -0.05) is 12.8 Å². The summed E-state index contributed by atoms with van der Waals surface area (Å²) >= 11 is 0. The summed E-state index contributed by atoms with van der Waals surface area (Å²) in [5.41, 5.74) is 3.95. The summed E-state index contributed by atoms with van der Waals surface area (Å²) in [6, 6.07) is 6.11. The summed E-state index contributed by atoms with van der Waals surface area (Å²) in [4.78, 5) is 18.0. The van der Waals surface area contributed by atoms with E-state index in [2.05, 4.69) is 25.6 Å². The first kappa shape index (κ1) is 19.6. The first-order valence-electron chi connectivity index (χ1n) is 10.8. The summed E-state index contributed by atoms with van der Waals surface area (Å²) in [7, 11) is 1.86. The van der Waals surface area contributed by atoms with Gasteiger partial charge in [0, 0.05) is 37.2 Å². The molecule has 4 heterocycles. The lowest BCUT2D eigenvalue weighted by Crippen LogP contribution is -2.25. The Kier molecular flexibility index (Phi) is 5.33. The highest BCUT2D eigenvalue weighted by Gasteiger charge is 2.19. The zero-order valence-corrected chi connectivity index (χ0v) is 17.5. The number of nitrogens with zero attached hydrogens (tertiary/aromatic N) is 6. The van der Waals surface area contributed by atoms with Crippen molar-refractivity contribution < 1.29 is 5.11 Å². The van der Waals surface area contributed by atoms with Crippen LogP contribution in [0.3, 0.4) is 0 Å². The Balaban J connectivity index is 1.48. The average molecular weight is 419 g/mol. The average Bonchev–Trinajstić information content (AvgIpc) is 3.22. The summed E-state index contributed by atoms with van der Waals surface area (Å²) < 4.78 is 1.83. The van der Waals surface area contributed by atoms with Crippen LogP contribution >= 0.6 is 0 Å². The Hall–Kier alpha value is -3.33. The first-order valence-corrected chi connectivity index (χ1v) is 10.8. The van der Waals surface area contributed by atoms with Crippen molar-refractivity contribution in [1.29, 1.82) is 0 Å². The van der Waals surface area contributed by atoms with Crippen molar-refractivity contribution in [3.05, 3.63) is 36.8 Å². The van der Waals surface area contributed by atoms with E-state index in [-0.39, 0.29) is 12.1 Å². The highest BCUT2D eigenvalue weighted by atomic mass is 16.3. The lowest BCUT2D eigenvalue weighted by molar-refractivity contribution is 0.139. The van der Waals surface area contributed by atoms with Gasteiger partial charge in [0.05, 0.1) is 11.8 Å². The van der Waals surface area contributed by atoms with E-state index < -0.39 is 0 Å². The van der Waals surface area contributed by atoms with E-state index in [1.807, 2.05) is 36.0 Å². The van der Waals surface area contributed by atoms with Gasteiger partial charge in [0.25, 0.3) is 0 Å². The molecule has 160 valence electrons. The molecule has 0 bridgehead atoms. The minimum Gasteiger partial charge on any atom is -0.393 e. The maximum absolute atomic E-state index is 10.0. The second-order valence-corrected chi connectivity index (χ2v) is 8.01. The van der Waals surface area contributed by atoms with Gasteiger partial charge < -0.3 is 15.7 Å². The SMILES string of the molecule is CNc1nc(N[C@@H]2CCCCC(O)CC2)nn2ccc(-c3ccc4nccnc4n3)c12. The molecule has 5 rings (SSSR count). The largest absolute Gasteiger partial charge is 0.393 e.